The second kappa shape index (κ2) is 2.74. The van der Waals surface area contributed by atoms with Crippen LogP contribution in [0.1, 0.15) is 6.42 Å². The minimum Gasteiger partial charge on any atom is -0.480 e. The van der Waals surface area contributed by atoms with E-state index in [4.69, 9.17) is 5.11 Å². The molecule has 1 aliphatic carbocycles. The average Bonchev–Trinajstić information content (AvgIpc) is 1.89. The molecule has 0 bridgehead atoms. The van der Waals surface area contributed by atoms with Gasteiger partial charge in [-0.25, -0.2) is 0 Å². The zero-order chi connectivity index (χ0) is 7.61. The number of carbonyl (C=O) groups is 1. The molecule has 1 atom stereocenters. The molecule has 0 amide bonds. The van der Waals surface area contributed by atoms with Gasteiger partial charge in [0.05, 0.1) is 0 Å². The number of carboxylic acid groups (broad SMARTS) is 1. The van der Waals surface area contributed by atoms with Gasteiger partial charge in [-0.2, -0.15) is 0 Å². The summed E-state index contributed by atoms with van der Waals surface area (Å²) in [6.45, 7) is 0. The Morgan fingerprint density at radius 3 is 2.60 bits per heavy atom. The van der Waals surface area contributed by atoms with Crippen molar-refractivity contribution in [3.8, 4) is 0 Å². The van der Waals surface area contributed by atoms with Crippen LogP contribution in [-0.2, 0) is 4.79 Å². The van der Waals surface area contributed by atoms with E-state index in [9.17, 15) is 4.79 Å². The molecule has 2 nitrogen and oxygen atoms in total. The van der Waals surface area contributed by atoms with Crippen LogP contribution in [0, 0.1) is 0 Å². The fourth-order valence-electron chi connectivity index (χ4n) is 0.753. The average molecular weight is 250 g/mol. The van der Waals surface area contributed by atoms with Gasteiger partial charge in [0, 0.05) is 0 Å². The Morgan fingerprint density at radius 2 is 2.30 bits per heavy atom. The van der Waals surface area contributed by atoms with Crippen molar-refractivity contribution in [1.82, 2.24) is 0 Å². The van der Waals surface area contributed by atoms with Crippen LogP contribution in [0.15, 0.2) is 24.3 Å². The first-order valence-electron chi connectivity index (χ1n) is 2.92. The highest BCUT2D eigenvalue weighted by molar-refractivity contribution is 14.1. The van der Waals surface area contributed by atoms with Gasteiger partial charge >= 0.3 is 5.97 Å². The first-order valence-corrected chi connectivity index (χ1v) is 4.00. The molecule has 0 spiro atoms. The normalized spacial score (nSPS) is 30.5. The van der Waals surface area contributed by atoms with Gasteiger partial charge in [0.15, 0.2) is 0 Å². The van der Waals surface area contributed by atoms with Crippen LogP contribution in [0.4, 0.5) is 0 Å². The van der Waals surface area contributed by atoms with E-state index >= 15 is 0 Å². The quantitative estimate of drug-likeness (QED) is 0.568. The molecule has 0 radical (unpaired) electrons. The lowest BCUT2D eigenvalue weighted by Crippen LogP contribution is -2.29. The van der Waals surface area contributed by atoms with Gasteiger partial charge in [0.2, 0.25) is 0 Å². The highest BCUT2D eigenvalue weighted by Crippen LogP contribution is 2.28. The number of rotatable bonds is 1. The topological polar surface area (TPSA) is 37.3 Å². The molecule has 1 rings (SSSR count). The van der Waals surface area contributed by atoms with Crippen molar-refractivity contribution >= 4 is 28.6 Å². The maximum atomic E-state index is 10.6. The third-order valence-corrected chi connectivity index (χ3v) is 2.64. The Labute approximate surface area is 72.8 Å². The molecule has 54 valence electrons. The van der Waals surface area contributed by atoms with Crippen LogP contribution in [0.5, 0.6) is 0 Å². The standard InChI is InChI=1S/C7H7IO2/c8-7(6(9)10)4-2-1-3-5-7/h1-4H,5H2,(H,9,10). The van der Waals surface area contributed by atoms with E-state index in [1.165, 1.54) is 0 Å². The molecule has 0 aliphatic heterocycles. The van der Waals surface area contributed by atoms with Crippen LogP contribution in [0.3, 0.4) is 0 Å². The number of hydrogen-bond acceptors (Lipinski definition) is 1. The second-order valence-corrected chi connectivity index (χ2v) is 4.08. The number of halogens is 1. The lowest BCUT2D eigenvalue weighted by molar-refractivity contribution is -0.137. The summed E-state index contributed by atoms with van der Waals surface area (Å²) in [5, 5.41) is 8.70. The fraction of sp³-hybridized carbons (Fsp3) is 0.286. The Bertz CT molecular complexity index is 208. The molecule has 1 aliphatic rings. The minimum absolute atomic E-state index is 0.583. The van der Waals surface area contributed by atoms with Crippen LogP contribution in [0.25, 0.3) is 0 Å². The summed E-state index contributed by atoms with van der Waals surface area (Å²) in [5.74, 6) is -0.770. The fourth-order valence-corrected chi connectivity index (χ4v) is 1.21. The van der Waals surface area contributed by atoms with Crippen molar-refractivity contribution in [3.63, 3.8) is 0 Å². The van der Waals surface area contributed by atoms with Crippen LogP contribution >= 0.6 is 22.6 Å². The highest BCUT2D eigenvalue weighted by atomic mass is 127. The smallest absolute Gasteiger partial charge is 0.323 e. The maximum Gasteiger partial charge on any atom is 0.323 e. The lowest BCUT2D eigenvalue weighted by atomic mass is 10.0. The van der Waals surface area contributed by atoms with Crippen molar-refractivity contribution in [2.24, 2.45) is 0 Å². The van der Waals surface area contributed by atoms with Crippen LogP contribution in [0.2, 0.25) is 0 Å². The van der Waals surface area contributed by atoms with E-state index < -0.39 is 9.39 Å². The third kappa shape index (κ3) is 1.39. The second-order valence-electron chi connectivity index (χ2n) is 2.16. The molecule has 1 unspecified atom stereocenters. The number of alkyl halides is 1. The monoisotopic (exact) mass is 250 g/mol. The summed E-state index contributed by atoms with van der Waals surface area (Å²) in [7, 11) is 0. The molecule has 0 saturated carbocycles. The molecular formula is C7H7IO2. The molecule has 0 aromatic rings. The van der Waals surface area contributed by atoms with Crippen LogP contribution in [-0.4, -0.2) is 14.5 Å². The zero-order valence-corrected chi connectivity index (χ0v) is 7.41. The summed E-state index contributed by atoms with van der Waals surface area (Å²) < 4.78 is -0.702. The van der Waals surface area contributed by atoms with Crippen LogP contribution < -0.4 is 0 Å². The molecule has 0 heterocycles. The summed E-state index contributed by atoms with van der Waals surface area (Å²) in [4.78, 5) is 10.6. The number of carboxylic acids is 1. The van der Waals surface area contributed by atoms with Crippen molar-refractivity contribution in [2.45, 2.75) is 9.84 Å². The summed E-state index contributed by atoms with van der Waals surface area (Å²) in [6.07, 6.45) is 7.78. The van der Waals surface area contributed by atoms with Gasteiger partial charge < -0.3 is 5.11 Å². The highest BCUT2D eigenvalue weighted by Gasteiger charge is 2.31. The van der Waals surface area contributed by atoms with Gasteiger partial charge in [-0.1, -0.05) is 46.9 Å². The van der Waals surface area contributed by atoms with Gasteiger partial charge in [-0.05, 0) is 6.42 Å². The van der Waals surface area contributed by atoms with Gasteiger partial charge in [-0.3, -0.25) is 4.79 Å². The van der Waals surface area contributed by atoms with Gasteiger partial charge in [0.1, 0.15) is 3.42 Å². The Hall–Kier alpha value is -0.320. The predicted molar refractivity (Wildman–Crippen MR) is 47.3 cm³/mol. The Morgan fingerprint density at radius 1 is 1.60 bits per heavy atom. The largest absolute Gasteiger partial charge is 0.480 e. The van der Waals surface area contributed by atoms with E-state index in [1.54, 1.807) is 12.2 Å². The minimum atomic E-state index is -0.770. The SMILES string of the molecule is O=C(O)C1(I)C=CC=CC1. The van der Waals surface area contributed by atoms with Crippen molar-refractivity contribution in [1.29, 1.82) is 0 Å². The maximum absolute atomic E-state index is 10.6. The first-order chi connectivity index (χ1) is 4.65. The molecule has 3 heteroatoms. The molecular weight excluding hydrogens is 243 g/mol. The molecule has 1 N–H and O–H groups in total. The molecule has 0 aromatic carbocycles. The van der Waals surface area contributed by atoms with E-state index in [0.29, 0.717) is 6.42 Å². The van der Waals surface area contributed by atoms with E-state index in [2.05, 4.69) is 0 Å². The molecule has 0 fully saturated rings. The summed E-state index contributed by atoms with van der Waals surface area (Å²) >= 11 is 1.94. The summed E-state index contributed by atoms with van der Waals surface area (Å²) in [6, 6.07) is 0. The third-order valence-electron chi connectivity index (χ3n) is 1.38. The summed E-state index contributed by atoms with van der Waals surface area (Å²) in [5.41, 5.74) is 0. The van der Waals surface area contributed by atoms with Crippen molar-refractivity contribution in [3.05, 3.63) is 24.3 Å². The molecule has 0 saturated heterocycles. The Balaban J connectivity index is 2.80. The molecule has 10 heavy (non-hydrogen) atoms. The predicted octanol–water partition coefficient (Wildman–Crippen LogP) is 1.76. The Kier molecular flexibility index (Phi) is 2.13. The van der Waals surface area contributed by atoms with E-state index in [1.807, 2.05) is 34.7 Å². The number of allylic oxidation sites excluding steroid dienone is 3. The van der Waals surface area contributed by atoms with E-state index in [-0.39, 0.29) is 0 Å². The number of aliphatic carboxylic acids is 1. The lowest BCUT2D eigenvalue weighted by Gasteiger charge is -2.17. The van der Waals surface area contributed by atoms with Gasteiger partial charge in [-0.15, -0.1) is 0 Å². The van der Waals surface area contributed by atoms with Gasteiger partial charge in [0.25, 0.3) is 0 Å². The van der Waals surface area contributed by atoms with Crippen molar-refractivity contribution in [2.75, 3.05) is 0 Å². The first kappa shape index (κ1) is 7.78. The van der Waals surface area contributed by atoms with E-state index in [0.717, 1.165) is 0 Å². The number of hydrogen-bond donors (Lipinski definition) is 1. The van der Waals surface area contributed by atoms with Crippen molar-refractivity contribution < 1.29 is 9.90 Å². The molecule has 0 aromatic heterocycles. The zero-order valence-electron chi connectivity index (χ0n) is 5.25.